The summed E-state index contributed by atoms with van der Waals surface area (Å²) >= 11 is 0. The second kappa shape index (κ2) is 6.87. The first kappa shape index (κ1) is 15.9. The summed E-state index contributed by atoms with van der Waals surface area (Å²) < 4.78 is 24.8. The standard InChI is InChI=1S/C15H24FNO2/c1-6-17-14(10-19-15(2,3)4)12-8-7-11(18-5)9-13(12)16/h7-9,14,17H,6,10H2,1-5H3. The van der Waals surface area contributed by atoms with Gasteiger partial charge in [-0.2, -0.15) is 0 Å². The van der Waals surface area contributed by atoms with Gasteiger partial charge in [0.05, 0.1) is 25.4 Å². The molecule has 0 aliphatic rings. The maximum atomic E-state index is 14.1. The highest BCUT2D eigenvalue weighted by atomic mass is 19.1. The second-order valence-corrected chi connectivity index (χ2v) is 5.42. The molecule has 0 radical (unpaired) electrons. The number of benzene rings is 1. The zero-order chi connectivity index (χ0) is 14.5. The van der Waals surface area contributed by atoms with Gasteiger partial charge in [-0.3, -0.25) is 0 Å². The van der Waals surface area contributed by atoms with Crippen molar-refractivity contribution in [2.45, 2.75) is 39.3 Å². The zero-order valence-corrected chi connectivity index (χ0v) is 12.4. The van der Waals surface area contributed by atoms with Crippen molar-refractivity contribution >= 4 is 0 Å². The van der Waals surface area contributed by atoms with Crippen LogP contribution in [0.5, 0.6) is 5.75 Å². The smallest absolute Gasteiger partial charge is 0.131 e. The molecule has 108 valence electrons. The molecule has 19 heavy (non-hydrogen) atoms. The van der Waals surface area contributed by atoms with Gasteiger partial charge in [-0.15, -0.1) is 0 Å². The summed E-state index contributed by atoms with van der Waals surface area (Å²) in [6.45, 7) is 9.14. The van der Waals surface area contributed by atoms with E-state index >= 15 is 0 Å². The molecule has 4 heteroatoms. The molecule has 0 spiro atoms. The predicted molar refractivity (Wildman–Crippen MR) is 75.1 cm³/mol. The minimum absolute atomic E-state index is 0.157. The van der Waals surface area contributed by atoms with Crippen LogP contribution in [0.25, 0.3) is 0 Å². The van der Waals surface area contributed by atoms with Gasteiger partial charge in [0.2, 0.25) is 0 Å². The van der Waals surface area contributed by atoms with E-state index in [9.17, 15) is 4.39 Å². The van der Waals surface area contributed by atoms with Crippen LogP contribution in [0.1, 0.15) is 39.3 Å². The third-order valence-corrected chi connectivity index (χ3v) is 2.72. The average Bonchev–Trinajstić information content (AvgIpc) is 2.33. The van der Waals surface area contributed by atoms with Gasteiger partial charge < -0.3 is 14.8 Å². The number of nitrogens with one attached hydrogen (secondary N) is 1. The number of rotatable bonds is 6. The Hall–Kier alpha value is -1.13. The predicted octanol–water partition coefficient (Wildman–Crippen LogP) is 3.30. The van der Waals surface area contributed by atoms with Crippen molar-refractivity contribution in [3.63, 3.8) is 0 Å². The Morgan fingerprint density at radius 1 is 1.32 bits per heavy atom. The molecule has 3 nitrogen and oxygen atoms in total. The highest BCUT2D eigenvalue weighted by molar-refractivity contribution is 5.31. The number of methoxy groups -OCH3 is 1. The van der Waals surface area contributed by atoms with E-state index in [-0.39, 0.29) is 17.5 Å². The minimum Gasteiger partial charge on any atom is -0.497 e. The van der Waals surface area contributed by atoms with Gasteiger partial charge in [-0.1, -0.05) is 13.0 Å². The van der Waals surface area contributed by atoms with E-state index in [1.165, 1.54) is 13.2 Å². The van der Waals surface area contributed by atoms with Gasteiger partial charge in [-0.25, -0.2) is 4.39 Å². The summed E-state index contributed by atoms with van der Waals surface area (Å²) in [4.78, 5) is 0. The van der Waals surface area contributed by atoms with E-state index in [1.54, 1.807) is 12.1 Å². The largest absolute Gasteiger partial charge is 0.497 e. The second-order valence-electron chi connectivity index (χ2n) is 5.42. The minimum atomic E-state index is -0.275. The molecule has 0 saturated carbocycles. The molecule has 1 atom stereocenters. The Morgan fingerprint density at radius 2 is 2.00 bits per heavy atom. The Kier molecular flexibility index (Phi) is 5.76. The highest BCUT2D eigenvalue weighted by Gasteiger charge is 2.19. The van der Waals surface area contributed by atoms with Gasteiger partial charge in [0, 0.05) is 11.6 Å². The maximum absolute atomic E-state index is 14.1. The van der Waals surface area contributed by atoms with Gasteiger partial charge in [0.1, 0.15) is 11.6 Å². The Morgan fingerprint density at radius 3 is 2.47 bits per heavy atom. The number of hydrogen-bond donors (Lipinski definition) is 1. The van der Waals surface area contributed by atoms with E-state index in [4.69, 9.17) is 9.47 Å². The lowest BCUT2D eigenvalue weighted by Crippen LogP contribution is -2.30. The molecule has 1 N–H and O–H groups in total. The molecule has 0 fully saturated rings. The van der Waals surface area contributed by atoms with Gasteiger partial charge >= 0.3 is 0 Å². The molecule has 1 aromatic carbocycles. The summed E-state index contributed by atoms with van der Waals surface area (Å²) in [5.74, 6) is 0.246. The van der Waals surface area contributed by atoms with E-state index < -0.39 is 0 Å². The normalized spacial score (nSPS) is 13.4. The SMILES string of the molecule is CCNC(COC(C)(C)C)c1ccc(OC)cc1F. The number of likely N-dealkylation sites (N-methyl/N-ethyl adjacent to an activating group) is 1. The first-order chi connectivity index (χ1) is 8.87. The lowest BCUT2D eigenvalue weighted by molar-refractivity contribution is -0.0150. The van der Waals surface area contributed by atoms with Crippen molar-refractivity contribution in [3.8, 4) is 5.75 Å². The quantitative estimate of drug-likeness (QED) is 0.859. The van der Waals surface area contributed by atoms with Gasteiger partial charge in [-0.05, 0) is 33.4 Å². The average molecular weight is 269 g/mol. The fourth-order valence-corrected chi connectivity index (χ4v) is 1.76. The van der Waals surface area contributed by atoms with E-state index in [0.717, 1.165) is 6.54 Å². The molecule has 1 aromatic rings. The molecule has 0 saturated heterocycles. The molecule has 0 aliphatic carbocycles. The summed E-state index contributed by atoms with van der Waals surface area (Å²) in [7, 11) is 1.53. The van der Waals surface area contributed by atoms with Crippen LogP contribution in [-0.4, -0.2) is 25.9 Å². The van der Waals surface area contributed by atoms with Crippen molar-refractivity contribution in [3.05, 3.63) is 29.6 Å². The first-order valence-electron chi connectivity index (χ1n) is 6.58. The van der Waals surface area contributed by atoms with E-state index in [2.05, 4.69) is 5.32 Å². The molecule has 0 aromatic heterocycles. The summed E-state index contributed by atoms with van der Waals surface area (Å²) in [5.41, 5.74) is 0.364. The Balaban J connectivity index is 2.86. The molecule has 0 aliphatic heterocycles. The van der Waals surface area contributed by atoms with Gasteiger partial charge in [0.25, 0.3) is 0 Å². The Bertz CT molecular complexity index is 402. The number of ether oxygens (including phenoxy) is 2. The molecular weight excluding hydrogens is 245 g/mol. The molecule has 1 rings (SSSR count). The van der Waals surface area contributed by atoms with Gasteiger partial charge in [0.15, 0.2) is 0 Å². The monoisotopic (exact) mass is 269 g/mol. The van der Waals surface area contributed by atoms with Crippen LogP contribution in [0.3, 0.4) is 0 Å². The van der Waals surface area contributed by atoms with Crippen LogP contribution in [0.15, 0.2) is 18.2 Å². The summed E-state index contributed by atoms with van der Waals surface area (Å²) in [6.07, 6.45) is 0. The van der Waals surface area contributed by atoms with Crippen molar-refractivity contribution < 1.29 is 13.9 Å². The third kappa shape index (κ3) is 5.17. The van der Waals surface area contributed by atoms with Crippen LogP contribution in [0, 0.1) is 5.82 Å². The molecule has 1 unspecified atom stereocenters. The van der Waals surface area contributed by atoms with Crippen LogP contribution in [0.4, 0.5) is 4.39 Å². The number of halogens is 1. The maximum Gasteiger partial charge on any atom is 0.131 e. The van der Waals surface area contributed by atoms with Crippen molar-refractivity contribution in [2.24, 2.45) is 0 Å². The van der Waals surface area contributed by atoms with Crippen LogP contribution >= 0.6 is 0 Å². The lowest BCUT2D eigenvalue weighted by atomic mass is 10.1. The molecule has 0 heterocycles. The first-order valence-corrected chi connectivity index (χ1v) is 6.58. The highest BCUT2D eigenvalue weighted by Crippen LogP contribution is 2.23. The van der Waals surface area contributed by atoms with Crippen molar-refractivity contribution in [1.29, 1.82) is 0 Å². The fraction of sp³-hybridized carbons (Fsp3) is 0.600. The fourth-order valence-electron chi connectivity index (χ4n) is 1.76. The lowest BCUT2D eigenvalue weighted by Gasteiger charge is -2.25. The third-order valence-electron chi connectivity index (χ3n) is 2.72. The van der Waals surface area contributed by atoms with Crippen LogP contribution in [0.2, 0.25) is 0 Å². The van der Waals surface area contributed by atoms with Crippen molar-refractivity contribution in [2.75, 3.05) is 20.3 Å². The topological polar surface area (TPSA) is 30.5 Å². The van der Waals surface area contributed by atoms with Crippen LogP contribution in [-0.2, 0) is 4.74 Å². The molecular formula is C15H24FNO2. The van der Waals surface area contributed by atoms with Crippen molar-refractivity contribution in [1.82, 2.24) is 5.32 Å². The Labute approximate surface area is 115 Å². The van der Waals surface area contributed by atoms with E-state index in [1.807, 2.05) is 27.7 Å². The summed E-state index contributed by atoms with van der Waals surface area (Å²) in [5, 5.41) is 3.24. The molecule has 0 bridgehead atoms. The zero-order valence-electron chi connectivity index (χ0n) is 12.4. The number of hydrogen-bond acceptors (Lipinski definition) is 3. The molecule has 0 amide bonds. The van der Waals surface area contributed by atoms with E-state index in [0.29, 0.717) is 17.9 Å². The summed E-state index contributed by atoms with van der Waals surface area (Å²) in [6, 6.07) is 4.75. The van der Waals surface area contributed by atoms with Crippen LogP contribution < -0.4 is 10.1 Å².